The monoisotopic (exact) mass is 495 g/mol. The van der Waals surface area contributed by atoms with E-state index in [2.05, 4.69) is 20.2 Å². The Morgan fingerprint density at radius 3 is 2.80 bits per heavy atom. The first-order chi connectivity index (χ1) is 17.1. The smallest absolute Gasteiger partial charge is 0.250 e. The maximum atomic E-state index is 13.6. The number of nitrogens with zero attached hydrogens (tertiary/aromatic N) is 4. The molecule has 5 rings (SSSR count). The van der Waals surface area contributed by atoms with Crippen molar-refractivity contribution in [2.24, 2.45) is 0 Å². The Kier molecular flexibility index (Phi) is 7.11. The van der Waals surface area contributed by atoms with Gasteiger partial charge in [-0.25, -0.2) is 14.4 Å². The summed E-state index contributed by atoms with van der Waals surface area (Å²) in [4.78, 5) is 26.1. The first-order valence-electron chi connectivity index (χ1n) is 11.9. The molecule has 182 valence electrons. The standard InChI is InChI=1S/C26H27ClFN5O2/c27-20-14-18(7-8-21(20)28)31-26-19-15-23-24(16-22(19)29-17-30-26)35-13-5-12-33(23)25(34)6-4-11-32-9-2-1-3-10-32/h4,6-8,14-17H,1-3,5,9-13H2,(H,29,30,31)/b6-4+. The van der Waals surface area contributed by atoms with E-state index in [-0.39, 0.29) is 10.9 Å². The van der Waals surface area contributed by atoms with E-state index >= 15 is 0 Å². The fourth-order valence-corrected chi connectivity index (χ4v) is 4.68. The van der Waals surface area contributed by atoms with Gasteiger partial charge in [-0.1, -0.05) is 24.1 Å². The zero-order valence-corrected chi connectivity index (χ0v) is 20.1. The first kappa shape index (κ1) is 23.5. The molecule has 1 amide bonds. The number of rotatable bonds is 5. The normalized spacial score (nSPS) is 16.7. The molecule has 2 aliphatic heterocycles. The number of aromatic nitrogens is 2. The SMILES string of the molecule is O=C(/C=C/CN1CCCCC1)N1CCCOc2cc3ncnc(Nc4ccc(F)c(Cl)c4)c3cc21. The molecule has 0 unspecified atom stereocenters. The lowest BCUT2D eigenvalue weighted by Gasteiger charge is -2.25. The van der Waals surface area contributed by atoms with Crippen molar-refractivity contribution in [1.82, 2.24) is 14.9 Å². The van der Waals surface area contributed by atoms with E-state index < -0.39 is 5.82 Å². The Labute approximate surface area is 208 Å². The molecule has 0 spiro atoms. The summed E-state index contributed by atoms with van der Waals surface area (Å²) in [7, 11) is 0. The van der Waals surface area contributed by atoms with Crippen LogP contribution in [0.5, 0.6) is 5.75 Å². The second kappa shape index (κ2) is 10.6. The average Bonchev–Trinajstić information content (AvgIpc) is 3.08. The molecule has 35 heavy (non-hydrogen) atoms. The van der Waals surface area contributed by atoms with Crippen molar-refractivity contribution >= 4 is 45.6 Å². The van der Waals surface area contributed by atoms with Crippen LogP contribution in [0.4, 0.5) is 21.6 Å². The van der Waals surface area contributed by atoms with Gasteiger partial charge < -0.3 is 15.0 Å². The number of hydrogen-bond acceptors (Lipinski definition) is 6. The minimum atomic E-state index is -0.491. The maximum Gasteiger partial charge on any atom is 0.250 e. The number of amides is 1. The van der Waals surface area contributed by atoms with Crippen molar-refractivity contribution in [2.45, 2.75) is 25.7 Å². The molecule has 0 aliphatic carbocycles. The van der Waals surface area contributed by atoms with Gasteiger partial charge in [-0.05, 0) is 56.6 Å². The van der Waals surface area contributed by atoms with Crippen LogP contribution in [0.1, 0.15) is 25.7 Å². The third-order valence-corrected chi connectivity index (χ3v) is 6.60. The van der Waals surface area contributed by atoms with E-state index in [4.69, 9.17) is 16.3 Å². The third kappa shape index (κ3) is 5.39. The predicted molar refractivity (Wildman–Crippen MR) is 136 cm³/mol. The highest BCUT2D eigenvalue weighted by Gasteiger charge is 2.23. The number of hydrogen-bond donors (Lipinski definition) is 1. The van der Waals surface area contributed by atoms with Gasteiger partial charge in [-0.3, -0.25) is 9.69 Å². The summed E-state index contributed by atoms with van der Waals surface area (Å²) in [5, 5.41) is 3.92. The number of piperidine rings is 1. The second-order valence-corrected chi connectivity index (χ2v) is 9.18. The van der Waals surface area contributed by atoms with Gasteiger partial charge in [0, 0.05) is 36.3 Å². The number of anilines is 3. The quantitative estimate of drug-likeness (QED) is 0.483. The first-order valence-corrected chi connectivity index (χ1v) is 12.3. The number of halogens is 2. The summed E-state index contributed by atoms with van der Waals surface area (Å²) in [5.41, 5.74) is 1.94. The summed E-state index contributed by atoms with van der Waals surface area (Å²) in [6, 6.07) is 8.09. The van der Waals surface area contributed by atoms with E-state index in [1.54, 1.807) is 17.0 Å². The summed E-state index contributed by atoms with van der Waals surface area (Å²) in [6.07, 6.45) is 9.51. The van der Waals surface area contributed by atoms with Crippen molar-refractivity contribution in [3.8, 4) is 5.75 Å². The molecular formula is C26H27ClFN5O2. The summed E-state index contributed by atoms with van der Waals surface area (Å²) < 4.78 is 19.5. The van der Waals surface area contributed by atoms with Crippen molar-refractivity contribution in [1.29, 1.82) is 0 Å². The number of likely N-dealkylation sites (tertiary alicyclic amines) is 1. The van der Waals surface area contributed by atoms with Crippen molar-refractivity contribution in [3.63, 3.8) is 0 Å². The topological polar surface area (TPSA) is 70.6 Å². The van der Waals surface area contributed by atoms with Crippen LogP contribution in [-0.2, 0) is 4.79 Å². The largest absolute Gasteiger partial charge is 0.491 e. The highest BCUT2D eigenvalue weighted by molar-refractivity contribution is 6.31. The van der Waals surface area contributed by atoms with Crippen LogP contribution in [0.2, 0.25) is 5.02 Å². The number of nitrogens with one attached hydrogen (secondary N) is 1. The molecule has 3 heterocycles. The van der Waals surface area contributed by atoms with Gasteiger partial charge in [0.1, 0.15) is 23.7 Å². The molecule has 3 aromatic rings. The number of carbonyl (C=O) groups excluding carboxylic acids is 1. The van der Waals surface area contributed by atoms with Crippen molar-refractivity contribution < 1.29 is 13.9 Å². The van der Waals surface area contributed by atoms with Gasteiger partial charge in [0.05, 0.1) is 22.8 Å². The summed E-state index contributed by atoms with van der Waals surface area (Å²) >= 11 is 5.94. The zero-order chi connectivity index (χ0) is 24.2. The Morgan fingerprint density at radius 1 is 1.11 bits per heavy atom. The van der Waals surface area contributed by atoms with E-state index in [1.807, 2.05) is 18.2 Å². The average molecular weight is 496 g/mol. The van der Waals surface area contributed by atoms with Crippen LogP contribution in [0.25, 0.3) is 10.9 Å². The highest BCUT2D eigenvalue weighted by atomic mass is 35.5. The van der Waals surface area contributed by atoms with Crippen LogP contribution < -0.4 is 15.0 Å². The number of ether oxygens (including phenoxy) is 1. The lowest BCUT2D eigenvalue weighted by molar-refractivity contribution is -0.114. The Balaban J connectivity index is 1.44. The Morgan fingerprint density at radius 2 is 1.97 bits per heavy atom. The predicted octanol–water partition coefficient (Wildman–Crippen LogP) is 5.32. The maximum absolute atomic E-state index is 13.6. The molecule has 1 fully saturated rings. The summed E-state index contributed by atoms with van der Waals surface area (Å²) in [6.45, 7) is 4.02. The number of carbonyl (C=O) groups is 1. The Hall–Kier alpha value is -3.23. The van der Waals surface area contributed by atoms with Gasteiger partial charge in [-0.2, -0.15) is 0 Å². The second-order valence-electron chi connectivity index (χ2n) is 8.77. The summed E-state index contributed by atoms with van der Waals surface area (Å²) in [5.74, 6) is 0.569. The van der Waals surface area contributed by atoms with Crippen molar-refractivity contribution in [2.75, 3.05) is 43.0 Å². The van der Waals surface area contributed by atoms with Gasteiger partial charge in [0.15, 0.2) is 0 Å². The number of benzene rings is 2. The van der Waals surface area contributed by atoms with Gasteiger partial charge >= 0.3 is 0 Å². The van der Waals surface area contributed by atoms with Gasteiger partial charge in [0.25, 0.3) is 5.91 Å². The third-order valence-electron chi connectivity index (χ3n) is 6.31. The Bertz CT molecular complexity index is 1260. The molecule has 7 nitrogen and oxygen atoms in total. The molecule has 1 aromatic heterocycles. The van der Waals surface area contributed by atoms with Crippen LogP contribution >= 0.6 is 11.6 Å². The molecule has 2 aliphatic rings. The van der Waals surface area contributed by atoms with E-state index in [0.29, 0.717) is 47.0 Å². The van der Waals surface area contributed by atoms with Gasteiger partial charge in [0.2, 0.25) is 0 Å². The molecule has 1 N–H and O–H groups in total. The van der Waals surface area contributed by atoms with Crippen molar-refractivity contribution in [3.05, 3.63) is 59.7 Å². The minimum Gasteiger partial charge on any atom is -0.491 e. The minimum absolute atomic E-state index is 0.0174. The highest BCUT2D eigenvalue weighted by Crippen LogP contribution is 2.37. The van der Waals surface area contributed by atoms with E-state index in [1.165, 1.54) is 37.7 Å². The molecule has 2 aromatic carbocycles. The number of fused-ring (bicyclic) bond motifs is 2. The molecule has 0 radical (unpaired) electrons. The molecule has 0 saturated carbocycles. The molecular weight excluding hydrogens is 469 g/mol. The molecule has 9 heteroatoms. The fourth-order valence-electron chi connectivity index (χ4n) is 4.50. The zero-order valence-electron chi connectivity index (χ0n) is 19.3. The van der Waals surface area contributed by atoms with E-state index in [9.17, 15) is 9.18 Å². The van der Waals surface area contributed by atoms with E-state index in [0.717, 1.165) is 26.1 Å². The van der Waals surface area contributed by atoms with Crippen LogP contribution in [-0.4, -0.2) is 53.6 Å². The van der Waals surface area contributed by atoms with Gasteiger partial charge in [-0.15, -0.1) is 0 Å². The van der Waals surface area contributed by atoms with Crippen LogP contribution in [0, 0.1) is 5.82 Å². The lowest BCUT2D eigenvalue weighted by atomic mass is 10.1. The van der Waals surface area contributed by atoms with Crippen LogP contribution in [0.15, 0.2) is 48.8 Å². The molecule has 0 atom stereocenters. The fraction of sp³-hybridized carbons (Fsp3) is 0.346. The lowest BCUT2D eigenvalue weighted by Crippen LogP contribution is -2.31. The van der Waals surface area contributed by atoms with Crippen LogP contribution in [0.3, 0.4) is 0 Å². The molecule has 1 saturated heterocycles. The molecule has 0 bridgehead atoms.